The van der Waals surface area contributed by atoms with Crippen molar-refractivity contribution in [1.82, 2.24) is 10.2 Å². The van der Waals surface area contributed by atoms with Crippen molar-refractivity contribution in [1.29, 1.82) is 0 Å². The molecule has 3 aromatic rings. The number of unbranched alkanes of at least 4 members (excludes halogenated alkanes) is 1. The van der Waals surface area contributed by atoms with Gasteiger partial charge in [-0.2, -0.15) is 0 Å². The Balaban J connectivity index is 1.69. The molecule has 0 aliphatic carbocycles. The van der Waals surface area contributed by atoms with Crippen molar-refractivity contribution in [2.45, 2.75) is 36.6 Å². The van der Waals surface area contributed by atoms with E-state index in [0.29, 0.717) is 29.3 Å². The van der Waals surface area contributed by atoms with Gasteiger partial charge in [0.05, 0.1) is 22.9 Å². The van der Waals surface area contributed by atoms with Gasteiger partial charge < -0.3 is 4.74 Å². The summed E-state index contributed by atoms with van der Waals surface area (Å²) in [5.41, 5.74) is 1.54. The second-order valence-electron chi connectivity index (χ2n) is 7.02. The predicted octanol–water partition coefficient (Wildman–Crippen LogP) is 3.92. The normalized spacial score (nSPS) is 11.8. The highest BCUT2D eigenvalue weighted by atomic mass is 32.2. The van der Waals surface area contributed by atoms with E-state index in [4.69, 9.17) is 4.74 Å². The van der Waals surface area contributed by atoms with Crippen LogP contribution in [0.15, 0.2) is 70.6 Å². The molecule has 32 heavy (non-hydrogen) atoms. The maximum atomic E-state index is 12.7. The van der Waals surface area contributed by atoms with Gasteiger partial charge in [0, 0.05) is 11.3 Å². The van der Waals surface area contributed by atoms with Crippen molar-refractivity contribution in [2.24, 2.45) is 0 Å². The number of aromatic nitrogens is 2. The molecular formula is C22H25N3O5S2. The molecule has 0 radical (unpaired) electrons. The molecule has 1 aromatic heterocycles. The Kier molecular flexibility index (Phi) is 7.47. The number of ether oxygens (including phenoxy) is 1. The van der Waals surface area contributed by atoms with Crippen LogP contribution in [0.4, 0.5) is 5.69 Å². The molecule has 0 amide bonds. The third kappa shape index (κ3) is 5.83. The number of benzene rings is 2. The molecule has 3 rings (SSSR count). The summed E-state index contributed by atoms with van der Waals surface area (Å²) in [4.78, 5) is 0.128. The summed E-state index contributed by atoms with van der Waals surface area (Å²) in [6.45, 7) is 4.20. The number of hydrogen-bond acceptors (Lipinski definition) is 7. The summed E-state index contributed by atoms with van der Waals surface area (Å²) >= 11 is 0. The monoisotopic (exact) mass is 475 g/mol. The molecule has 0 unspecified atom stereocenters. The molecule has 0 fully saturated rings. The second-order valence-corrected chi connectivity index (χ2v) is 10.9. The minimum atomic E-state index is -3.76. The van der Waals surface area contributed by atoms with Gasteiger partial charge in [-0.3, -0.25) is 4.72 Å². The lowest BCUT2D eigenvalue weighted by atomic mass is 10.1. The summed E-state index contributed by atoms with van der Waals surface area (Å²) in [6.07, 6.45) is 1.96. The van der Waals surface area contributed by atoms with Crippen LogP contribution in [0.3, 0.4) is 0 Å². The van der Waals surface area contributed by atoms with Crippen molar-refractivity contribution in [3.05, 3.63) is 60.7 Å². The highest BCUT2D eigenvalue weighted by Gasteiger charge is 2.16. The van der Waals surface area contributed by atoms with Gasteiger partial charge in [-0.15, -0.1) is 10.2 Å². The van der Waals surface area contributed by atoms with Crippen LogP contribution in [0.1, 0.15) is 26.7 Å². The van der Waals surface area contributed by atoms with Gasteiger partial charge in [-0.1, -0.05) is 32.4 Å². The summed E-state index contributed by atoms with van der Waals surface area (Å²) < 4.78 is 57.1. The molecule has 10 heteroatoms. The first-order valence-corrected chi connectivity index (χ1v) is 13.3. The van der Waals surface area contributed by atoms with Crippen LogP contribution in [-0.4, -0.2) is 39.4 Å². The fraction of sp³-hybridized carbons (Fsp3) is 0.273. The third-order valence-corrected chi connectivity index (χ3v) is 7.68. The number of anilines is 1. The van der Waals surface area contributed by atoms with E-state index in [1.165, 1.54) is 18.2 Å². The van der Waals surface area contributed by atoms with Crippen LogP contribution in [0.25, 0.3) is 11.3 Å². The Morgan fingerprint density at radius 2 is 1.53 bits per heavy atom. The first-order valence-electron chi connectivity index (χ1n) is 10.2. The Bertz CT molecular complexity index is 1240. The highest BCUT2D eigenvalue weighted by Crippen LogP contribution is 2.23. The first-order chi connectivity index (χ1) is 15.2. The number of hydrogen-bond donors (Lipinski definition) is 1. The van der Waals surface area contributed by atoms with Crippen molar-refractivity contribution >= 4 is 25.5 Å². The Labute approximate surface area is 188 Å². The van der Waals surface area contributed by atoms with Crippen molar-refractivity contribution in [2.75, 3.05) is 17.1 Å². The average Bonchev–Trinajstić information content (AvgIpc) is 2.80. The van der Waals surface area contributed by atoms with Gasteiger partial charge in [0.1, 0.15) is 5.75 Å². The van der Waals surface area contributed by atoms with Crippen molar-refractivity contribution < 1.29 is 21.6 Å². The fourth-order valence-corrected chi connectivity index (χ4v) is 4.56. The average molecular weight is 476 g/mol. The zero-order chi connectivity index (χ0) is 23.2. The molecule has 0 spiro atoms. The Morgan fingerprint density at radius 1 is 0.844 bits per heavy atom. The first kappa shape index (κ1) is 23.7. The molecule has 0 saturated carbocycles. The molecule has 2 aromatic carbocycles. The van der Waals surface area contributed by atoms with Gasteiger partial charge in [-0.25, -0.2) is 16.8 Å². The van der Waals surface area contributed by atoms with E-state index in [1.54, 1.807) is 49.4 Å². The van der Waals surface area contributed by atoms with Crippen LogP contribution in [0, 0.1) is 0 Å². The van der Waals surface area contributed by atoms with Gasteiger partial charge in [0.15, 0.2) is 14.9 Å². The fourth-order valence-electron chi connectivity index (χ4n) is 2.76. The zero-order valence-electron chi connectivity index (χ0n) is 17.9. The Hall–Kier alpha value is -2.98. The number of sulfone groups is 1. The van der Waals surface area contributed by atoms with Gasteiger partial charge in [-0.05, 0) is 55.0 Å². The van der Waals surface area contributed by atoms with Crippen LogP contribution in [0.5, 0.6) is 5.75 Å². The molecular weight excluding hydrogens is 450 g/mol. The minimum absolute atomic E-state index is 0.0511. The van der Waals surface area contributed by atoms with E-state index >= 15 is 0 Å². The van der Waals surface area contributed by atoms with E-state index in [2.05, 4.69) is 21.8 Å². The summed E-state index contributed by atoms with van der Waals surface area (Å²) in [5.74, 6) is 0.574. The molecule has 0 atom stereocenters. The maximum absolute atomic E-state index is 12.7. The number of nitrogens with one attached hydrogen (secondary N) is 1. The molecule has 8 nitrogen and oxygen atoms in total. The maximum Gasteiger partial charge on any atom is 0.261 e. The smallest absolute Gasteiger partial charge is 0.261 e. The summed E-state index contributed by atoms with van der Waals surface area (Å²) in [6, 6.07) is 15.8. The lowest BCUT2D eigenvalue weighted by Gasteiger charge is -2.10. The molecule has 1 heterocycles. The van der Waals surface area contributed by atoms with Gasteiger partial charge >= 0.3 is 0 Å². The standard InChI is InChI=1S/C22H25N3O5S2/c1-3-5-16-30-19-10-12-20(13-11-19)32(28,29)25-18-8-6-17(7-9-18)21-14-15-22(24-23-21)31(26,27)4-2/h6-15,25H,3-5,16H2,1-2H3. The number of nitrogens with zero attached hydrogens (tertiary/aromatic N) is 2. The number of rotatable bonds is 10. The van der Waals surface area contributed by atoms with Crippen LogP contribution < -0.4 is 9.46 Å². The van der Waals surface area contributed by atoms with Crippen molar-refractivity contribution in [3.8, 4) is 17.0 Å². The van der Waals surface area contributed by atoms with E-state index in [9.17, 15) is 16.8 Å². The lowest BCUT2D eigenvalue weighted by Crippen LogP contribution is -2.12. The van der Waals surface area contributed by atoms with Crippen LogP contribution in [0.2, 0.25) is 0 Å². The van der Waals surface area contributed by atoms with Gasteiger partial charge in [0.25, 0.3) is 10.0 Å². The molecule has 0 aliphatic rings. The number of sulfonamides is 1. The summed E-state index contributed by atoms with van der Waals surface area (Å²) in [7, 11) is -7.18. The zero-order valence-corrected chi connectivity index (χ0v) is 19.5. The van der Waals surface area contributed by atoms with Crippen molar-refractivity contribution in [3.63, 3.8) is 0 Å². The molecule has 0 bridgehead atoms. The van der Waals surface area contributed by atoms with Gasteiger partial charge in [0.2, 0.25) is 0 Å². The third-order valence-electron chi connectivity index (χ3n) is 4.67. The van der Waals surface area contributed by atoms with E-state index in [0.717, 1.165) is 12.8 Å². The van der Waals surface area contributed by atoms with Crippen LogP contribution in [-0.2, 0) is 19.9 Å². The SMILES string of the molecule is CCCCOc1ccc(S(=O)(=O)Nc2ccc(-c3ccc(S(=O)(=O)CC)nn3)cc2)cc1. The minimum Gasteiger partial charge on any atom is -0.494 e. The van der Waals surface area contributed by atoms with E-state index < -0.39 is 19.9 Å². The highest BCUT2D eigenvalue weighted by molar-refractivity contribution is 7.92. The Morgan fingerprint density at radius 3 is 2.09 bits per heavy atom. The molecule has 1 N–H and O–H groups in total. The molecule has 0 aliphatic heterocycles. The quantitative estimate of drug-likeness (QED) is 0.442. The predicted molar refractivity (Wildman–Crippen MR) is 123 cm³/mol. The van der Waals surface area contributed by atoms with E-state index in [-0.39, 0.29) is 15.7 Å². The second kappa shape index (κ2) is 10.1. The largest absolute Gasteiger partial charge is 0.494 e. The molecule has 0 saturated heterocycles. The van der Waals surface area contributed by atoms with Crippen LogP contribution >= 0.6 is 0 Å². The van der Waals surface area contributed by atoms with E-state index in [1.807, 2.05) is 0 Å². The topological polar surface area (TPSA) is 115 Å². The molecule has 170 valence electrons. The summed E-state index contributed by atoms with van der Waals surface area (Å²) in [5, 5.41) is 7.69. The lowest BCUT2D eigenvalue weighted by molar-refractivity contribution is 0.309.